The first-order valence-corrected chi connectivity index (χ1v) is 4.72. The van der Waals surface area contributed by atoms with E-state index in [0.29, 0.717) is 0 Å². The number of nitrogens with zero attached hydrogens (tertiary/aromatic N) is 1. The second kappa shape index (κ2) is 4.56. The van der Waals surface area contributed by atoms with Crippen LogP contribution in [0.25, 0.3) is 0 Å². The number of ether oxygens (including phenoxy) is 1. The summed E-state index contributed by atoms with van der Waals surface area (Å²) in [4.78, 5) is 10.8. The van der Waals surface area contributed by atoms with Gasteiger partial charge < -0.3 is 4.74 Å². The van der Waals surface area contributed by atoms with Crippen molar-refractivity contribution in [1.82, 2.24) is 10.2 Å². The second-order valence-electron chi connectivity index (χ2n) is 2.37. The third-order valence-electron chi connectivity index (χ3n) is 1.30. The van der Waals surface area contributed by atoms with Crippen LogP contribution in [0.2, 0.25) is 0 Å². The van der Waals surface area contributed by atoms with Crippen LogP contribution in [0.5, 0.6) is 0 Å². The molecule has 0 amide bonds. The number of alkyl halides is 3. The average Bonchev–Trinajstić information content (AvgIpc) is 2.49. The van der Waals surface area contributed by atoms with Crippen molar-refractivity contribution in [3.05, 3.63) is 11.9 Å². The van der Waals surface area contributed by atoms with E-state index in [-0.39, 0.29) is 17.2 Å². The smallest absolute Gasteiger partial charge is 0.446 e. The Morgan fingerprint density at radius 3 is 2.87 bits per heavy atom. The largest absolute Gasteiger partial charge is 0.461 e. The van der Waals surface area contributed by atoms with Crippen LogP contribution in [0.3, 0.4) is 0 Å². The molecule has 0 aliphatic rings. The fourth-order valence-electron chi connectivity index (χ4n) is 0.827. The van der Waals surface area contributed by atoms with Gasteiger partial charge in [0.15, 0.2) is 5.69 Å². The van der Waals surface area contributed by atoms with Crippen molar-refractivity contribution in [3.63, 3.8) is 0 Å². The summed E-state index contributed by atoms with van der Waals surface area (Å²) in [6, 6.07) is 0. The molecule has 0 aliphatic carbocycles. The summed E-state index contributed by atoms with van der Waals surface area (Å²) in [7, 11) is 0. The highest BCUT2D eigenvalue weighted by atomic mass is 32.2. The van der Waals surface area contributed by atoms with Gasteiger partial charge in [0.2, 0.25) is 0 Å². The number of carbonyl (C=O) groups is 1. The maximum absolute atomic E-state index is 12.0. The highest BCUT2D eigenvalue weighted by molar-refractivity contribution is 8.00. The standard InChI is InChI=1S/C7H7F3N2O2S/c1-2-14-6(13)5-4(3-11-12-5)15-7(8,9)10/h3H,2H2,1H3,(H,11,12). The molecule has 15 heavy (non-hydrogen) atoms. The molecule has 0 saturated carbocycles. The van der Waals surface area contributed by atoms with Crippen LogP contribution in [0.15, 0.2) is 11.1 Å². The van der Waals surface area contributed by atoms with Crippen LogP contribution < -0.4 is 0 Å². The average molecular weight is 240 g/mol. The van der Waals surface area contributed by atoms with Crippen molar-refractivity contribution < 1.29 is 22.7 Å². The Morgan fingerprint density at radius 1 is 1.67 bits per heavy atom. The van der Waals surface area contributed by atoms with E-state index in [4.69, 9.17) is 0 Å². The van der Waals surface area contributed by atoms with Gasteiger partial charge in [-0.05, 0) is 18.7 Å². The molecule has 0 fully saturated rings. The number of H-pyrrole nitrogens is 1. The molecule has 4 nitrogen and oxygen atoms in total. The van der Waals surface area contributed by atoms with Gasteiger partial charge >= 0.3 is 11.5 Å². The van der Waals surface area contributed by atoms with Crippen molar-refractivity contribution in [1.29, 1.82) is 0 Å². The summed E-state index contributed by atoms with van der Waals surface area (Å²) in [5.74, 6) is -0.870. The van der Waals surface area contributed by atoms with Crippen molar-refractivity contribution in [2.75, 3.05) is 6.61 Å². The zero-order valence-corrected chi connectivity index (χ0v) is 8.41. The van der Waals surface area contributed by atoms with Crippen molar-refractivity contribution in [2.45, 2.75) is 17.3 Å². The first kappa shape index (κ1) is 11.9. The fourth-order valence-corrected chi connectivity index (χ4v) is 1.41. The molecular formula is C7H7F3N2O2S. The lowest BCUT2D eigenvalue weighted by molar-refractivity contribution is -0.0328. The molecule has 1 aromatic rings. The number of hydrogen-bond acceptors (Lipinski definition) is 4. The highest BCUT2D eigenvalue weighted by Crippen LogP contribution is 2.37. The van der Waals surface area contributed by atoms with Gasteiger partial charge in [0.1, 0.15) is 0 Å². The molecule has 84 valence electrons. The predicted octanol–water partition coefficient (Wildman–Crippen LogP) is 2.20. The number of halogens is 3. The Balaban J connectivity index is 2.82. The summed E-state index contributed by atoms with van der Waals surface area (Å²) in [6.45, 7) is 1.64. The number of thioether (sulfide) groups is 1. The number of hydrogen-bond donors (Lipinski definition) is 1. The molecule has 0 atom stereocenters. The molecule has 1 aromatic heterocycles. The van der Waals surface area contributed by atoms with E-state index in [0.717, 1.165) is 6.20 Å². The second-order valence-corrected chi connectivity index (χ2v) is 3.47. The summed E-state index contributed by atoms with van der Waals surface area (Å²) >= 11 is -0.406. The maximum Gasteiger partial charge on any atom is 0.446 e. The van der Waals surface area contributed by atoms with Crippen molar-refractivity contribution in [2.24, 2.45) is 0 Å². The third-order valence-corrected chi connectivity index (χ3v) is 2.06. The van der Waals surface area contributed by atoms with Gasteiger partial charge in [0, 0.05) is 6.20 Å². The van der Waals surface area contributed by atoms with Gasteiger partial charge in [0.05, 0.1) is 11.5 Å². The summed E-state index contributed by atoms with van der Waals surface area (Å²) < 4.78 is 40.6. The van der Waals surface area contributed by atoms with Crippen LogP contribution >= 0.6 is 11.8 Å². The zero-order chi connectivity index (χ0) is 11.5. The number of rotatable bonds is 3. The maximum atomic E-state index is 12.0. The molecule has 0 saturated heterocycles. The van der Waals surface area contributed by atoms with Crippen LogP contribution in [-0.2, 0) is 4.74 Å². The Labute approximate surface area is 87.2 Å². The summed E-state index contributed by atoms with van der Waals surface area (Å²) in [5, 5.41) is 5.59. The lowest BCUT2D eigenvalue weighted by Gasteiger charge is -2.04. The molecule has 0 spiro atoms. The fraction of sp³-hybridized carbons (Fsp3) is 0.429. The van der Waals surface area contributed by atoms with Crippen LogP contribution in [-0.4, -0.2) is 28.3 Å². The van der Waals surface area contributed by atoms with E-state index in [2.05, 4.69) is 14.9 Å². The van der Waals surface area contributed by atoms with Crippen LogP contribution in [0.4, 0.5) is 13.2 Å². The first-order chi connectivity index (χ1) is 6.94. The number of carbonyl (C=O) groups excluding carboxylic acids is 1. The summed E-state index contributed by atoms with van der Waals surface area (Å²) in [6.07, 6.45) is 1.00. The molecule has 1 rings (SSSR count). The Bertz CT molecular complexity index is 350. The minimum absolute atomic E-state index is 0.0851. The van der Waals surface area contributed by atoms with E-state index < -0.39 is 23.2 Å². The van der Waals surface area contributed by atoms with Gasteiger partial charge in [-0.15, -0.1) is 0 Å². The number of esters is 1. The lowest BCUT2D eigenvalue weighted by atomic mass is 10.4. The first-order valence-electron chi connectivity index (χ1n) is 3.90. The molecule has 0 unspecified atom stereocenters. The number of aromatic amines is 1. The summed E-state index contributed by atoms with van der Waals surface area (Å²) in [5.41, 5.74) is -4.80. The SMILES string of the molecule is CCOC(=O)c1n[nH]cc1SC(F)(F)F. The van der Waals surface area contributed by atoms with E-state index in [1.807, 2.05) is 0 Å². The predicted molar refractivity (Wildman–Crippen MR) is 46.5 cm³/mol. The Hall–Kier alpha value is -1.18. The Morgan fingerprint density at radius 2 is 2.33 bits per heavy atom. The highest BCUT2D eigenvalue weighted by Gasteiger charge is 2.32. The molecular weight excluding hydrogens is 233 g/mol. The Kier molecular flexibility index (Phi) is 3.61. The minimum Gasteiger partial charge on any atom is -0.461 e. The third kappa shape index (κ3) is 3.46. The number of aromatic nitrogens is 2. The van der Waals surface area contributed by atoms with Crippen molar-refractivity contribution in [3.8, 4) is 0 Å². The van der Waals surface area contributed by atoms with E-state index in [1.165, 1.54) is 0 Å². The molecule has 0 radical (unpaired) electrons. The molecule has 1 N–H and O–H groups in total. The van der Waals surface area contributed by atoms with Gasteiger partial charge in [-0.25, -0.2) is 4.79 Å². The van der Waals surface area contributed by atoms with E-state index in [9.17, 15) is 18.0 Å². The molecule has 8 heteroatoms. The van der Waals surface area contributed by atoms with Gasteiger partial charge in [-0.2, -0.15) is 18.3 Å². The number of nitrogens with one attached hydrogen (secondary N) is 1. The van der Waals surface area contributed by atoms with Gasteiger partial charge in [-0.1, -0.05) is 0 Å². The molecule has 0 aromatic carbocycles. The minimum atomic E-state index is -4.45. The normalized spacial score (nSPS) is 11.5. The molecule has 1 heterocycles. The monoisotopic (exact) mass is 240 g/mol. The van der Waals surface area contributed by atoms with Crippen LogP contribution in [0.1, 0.15) is 17.4 Å². The topological polar surface area (TPSA) is 55.0 Å². The lowest BCUT2D eigenvalue weighted by Crippen LogP contribution is -2.08. The molecule has 0 aliphatic heterocycles. The van der Waals surface area contributed by atoms with E-state index >= 15 is 0 Å². The van der Waals surface area contributed by atoms with Crippen LogP contribution in [0, 0.1) is 0 Å². The van der Waals surface area contributed by atoms with Gasteiger partial charge in [0.25, 0.3) is 0 Å². The van der Waals surface area contributed by atoms with Crippen molar-refractivity contribution >= 4 is 17.7 Å². The quantitative estimate of drug-likeness (QED) is 0.650. The van der Waals surface area contributed by atoms with E-state index in [1.54, 1.807) is 6.92 Å². The zero-order valence-electron chi connectivity index (χ0n) is 7.59. The van der Waals surface area contributed by atoms with Gasteiger partial charge in [-0.3, -0.25) is 5.10 Å². The molecule has 0 bridgehead atoms.